The van der Waals surface area contributed by atoms with Crippen LogP contribution in [0, 0.1) is 31.4 Å². The number of piperidine rings is 1. The molecule has 2 amide bonds. The van der Waals surface area contributed by atoms with E-state index in [1.165, 1.54) is 27.6 Å². The molecule has 3 aromatic carbocycles. The third-order valence-electron chi connectivity index (χ3n) is 16.4. The third-order valence-corrected chi connectivity index (χ3v) is 16.4. The molecule has 4 aliphatic rings. The van der Waals surface area contributed by atoms with Crippen LogP contribution in [0.25, 0.3) is 39.0 Å². The number of carbonyl (C=O) groups is 2. The molecule has 12 rings (SSSR count). The van der Waals surface area contributed by atoms with Gasteiger partial charge in [0.25, 0.3) is 5.91 Å². The van der Waals surface area contributed by atoms with Crippen LogP contribution in [-0.2, 0) is 28.5 Å². The van der Waals surface area contributed by atoms with Gasteiger partial charge in [0.2, 0.25) is 6.41 Å². The van der Waals surface area contributed by atoms with Crippen molar-refractivity contribution in [1.82, 2.24) is 53.2 Å². The van der Waals surface area contributed by atoms with Gasteiger partial charge in [-0.1, -0.05) is 18.1 Å². The number of rotatable bonds is 8. The van der Waals surface area contributed by atoms with Crippen molar-refractivity contribution >= 4 is 34.1 Å². The van der Waals surface area contributed by atoms with Crippen molar-refractivity contribution in [3.8, 4) is 17.2 Å². The van der Waals surface area contributed by atoms with Crippen LogP contribution in [0.1, 0.15) is 116 Å². The molecule has 2 saturated heterocycles. The fraction of sp³-hybridized carbons (Fsp3) is 0.415. The Balaban J connectivity index is 1.07. The molecule has 3 aliphatic heterocycles. The van der Waals surface area contributed by atoms with Crippen molar-refractivity contribution in [2.24, 2.45) is 13.0 Å². The lowest BCUT2D eigenvalue weighted by Gasteiger charge is -2.53. The Labute approximate surface area is 411 Å². The van der Waals surface area contributed by atoms with Gasteiger partial charge in [-0.15, -0.1) is 0 Å². The van der Waals surface area contributed by atoms with Crippen molar-refractivity contribution in [3.63, 3.8) is 0 Å². The highest BCUT2D eigenvalue weighted by atomic mass is 19.1. The minimum absolute atomic E-state index is 0.0200. The van der Waals surface area contributed by atoms with E-state index in [1.807, 2.05) is 22.5 Å². The van der Waals surface area contributed by atoms with Gasteiger partial charge in [0.05, 0.1) is 51.4 Å². The largest absolute Gasteiger partial charge is 0.438 e. The van der Waals surface area contributed by atoms with Crippen molar-refractivity contribution in [3.05, 3.63) is 139 Å². The van der Waals surface area contributed by atoms with Gasteiger partial charge < -0.3 is 19.1 Å². The third kappa shape index (κ3) is 6.75. The van der Waals surface area contributed by atoms with Crippen molar-refractivity contribution in [2.75, 3.05) is 19.7 Å². The standard InChI is InChI=1S/C53H55F2N11O6/c1-29-20-36(21-30(2)44(29)54)66-46(63-18-17-62(50(63)70)41-11-10-40-37(45(41)55)27-56-60(40)7)43-32(4)64(52(26-38(43)58-66)13-15-61(28-67)16-14-52)47(68)42-23-35-22-33(34-12-19-71-51(5,6)25-34)8-9-39(35)65(42)53(24-31(53)3)48-57-49(69)72-59-48/h8-11,17-18,20-23,27-28,31-32,34H,12-16,19,24-26H2,1-7H3,(H,57,59,69)/t31-,32-,34-,53-/m0/s1. The summed E-state index contributed by atoms with van der Waals surface area (Å²) in [6.45, 7) is 12.9. The molecular weight excluding hydrogens is 925 g/mol. The highest BCUT2D eigenvalue weighted by molar-refractivity contribution is 6.00. The Bertz CT molecular complexity index is 3650. The zero-order valence-corrected chi connectivity index (χ0v) is 41.2. The fourth-order valence-corrected chi connectivity index (χ4v) is 12.6. The first-order valence-corrected chi connectivity index (χ1v) is 24.6. The molecular formula is C53H55F2N11O6. The van der Waals surface area contributed by atoms with Gasteiger partial charge in [-0.25, -0.2) is 23.1 Å². The zero-order chi connectivity index (χ0) is 50.3. The van der Waals surface area contributed by atoms with E-state index in [4.69, 9.17) is 14.4 Å². The van der Waals surface area contributed by atoms with E-state index in [2.05, 4.69) is 54.2 Å². The number of hydrogen-bond donors (Lipinski definition) is 1. The predicted molar refractivity (Wildman–Crippen MR) is 262 cm³/mol. The Morgan fingerprint density at radius 3 is 2.33 bits per heavy atom. The van der Waals surface area contributed by atoms with E-state index in [-0.39, 0.29) is 46.7 Å². The van der Waals surface area contributed by atoms with Crippen molar-refractivity contribution < 1.29 is 27.6 Å². The van der Waals surface area contributed by atoms with Gasteiger partial charge in [0, 0.05) is 62.0 Å². The fourth-order valence-electron chi connectivity index (χ4n) is 12.6. The van der Waals surface area contributed by atoms with Crippen LogP contribution < -0.4 is 11.4 Å². The number of likely N-dealkylation sites (tertiary alicyclic amines) is 1. The number of carbonyl (C=O) groups excluding carboxylic acids is 2. The number of halogens is 2. The Morgan fingerprint density at radius 2 is 1.65 bits per heavy atom. The molecule has 0 radical (unpaired) electrons. The number of amides is 2. The number of ether oxygens (including phenoxy) is 1. The average Bonchev–Trinajstić information content (AvgIpc) is 3.98. The molecule has 372 valence electrons. The van der Waals surface area contributed by atoms with E-state index in [0.29, 0.717) is 89.9 Å². The van der Waals surface area contributed by atoms with Gasteiger partial charge in [-0.05, 0) is 138 Å². The molecule has 17 nitrogen and oxygen atoms in total. The number of imidazole rings is 1. The lowest BCUT2D eigenvalue weighted by molar-refractivity contribution is -0.120. The maximum atomic E-state index is 16.5. The number of nitrogens with one attached hydrogen (secondary N) is 1. The number of hydrogen-bond acceptors (Lipinski definition) is 9. The van der Waals surface area contributed by atoms with Crippen LogP contribution >= 0.6 is 0 Å². The molecule has 5 aromatic heterocycles. The van der Waals surface area contributed by atoms with E-state index < -0.39 is 34.4 Å². The Hall–Kier alpha value is -7.41. The second-order valence-corrected chi connectivity index (χ2v) is 21.3. The first-order valence-electron chi connectivity index (χ1n) is 24.6. The van der Waals surface area contributed by atoms with Gasteiger partial charge in [-0.2, -0.15) is 10.2 Å². The minimum Gasteiger partial charge on any atom is -0.376 e. The van der Waals surface area contributed by atoms with E-state index in [1.54, 1.807) is 59.6 Å². The van der Waals surface area contributed by atoms with Crippen LogP contribution in [-0.4, -0.2) is 96.4 Å². The number of aromatic amines is 1. The summed E-state index contributed by atoms with van der Waals surface area (Å²) in [6.07, 6.45) is 8.67. The Morgan fingerprint density at radius 1 is 0.931 bits per heavy atom. The predicted octanol–water partition coefficient (Wildman–Crippen LogP) is 7.43. The second kappa shape index (κ2) is 16.0. The summed E-state index contributed by atoms with van der Waals surface area (Å²) >= 11 is 0. The molecule has 3 fully saturated rings. The maximum absolute atomic E-state index is 16.5. The van der Waals surface area contributed by atoms with Crippen LogP contribution in [0.15, 0.2) is 81.2 Å². The average molecular weight is 980 g/mol. The molecule has 0 bridgehead atoms. The number of aromatic nitrogens is 9. The lowest BCUT2D eigenvalue weighted by Crippen LogP contribution is -2.61. The highest BCUT2D eigenvalue weighted by Crippen LogP contribution is 2.57. The lowest BCUT2D eigenvalue weighted by atomic mass is 9.75. The highest BCUT2D eigenvalue weighted by Gasteiger charge is 2.60. The van der Waals surface area contributed by atoms with Crippen molar-refractivity contribution in [1.29, 1.82) is 0 Å². The zero-order valence-electron chi connectivity index (χ0n) is 41.2. The summed E-state index contributed by atoms with van der Waals surface area (Å²) in [5.41, 5.74) is 2.61. The first-order chi connectivity index (χ1) is 34.4. The molecule has 0 unspecified atom stereocenters. The number of H-pyrrole nitrogens is 1. The molecule has 8 aromatic rings. The summed E-state index contributed by atoms with van der Waals surface area (Å²) in [5.74, 6) is -1.19. The SMILES string of the molecule is Cc1cc(-n2nc3c(c2-n2ccn(-c4ccc5c(cnn5C)c4F)c2=O)[C@H](C)N(C(=O)c2cc4cc([C@H]5CCOC(C)(C)C5)ccc4n2[C@@]2(c4noc(=O)[nH]4)C[C@@H]2C)C2(CCN(C=O)CC2)C3)cc(C)c1F. The first kappa shape index (κ1) is 45.7. The molecule has 8 heterocycles. The normalized spacial score (nSPS) is 22.5. The van der Waals surface area contributed by atoms with Crippen LogP contribution in [0.4, 0.5) is 8.78 Å². The molecule has 1 saturated carbocycles. The Kier molecular flexibility index (Phi) is 10.2. The quantitative estimate of drug-likeness (QED) is 0.152. The van der Waals surface area contributed by atoms with E-state index in [9.17, 15) is 9.59 Å². The van der Waals surface area contributed by atoms with Gasteiger partial charge in [-0.3, -0.25) is 32.9 Å². The molecule has 1 aliphatic carbocycles. The van der Waals surface area contributed by atoms with Crippen molar-refractivity contribution in [2.45, 2.75) is 109 Å². The maximum Gasteiger partial charge on any atom is 0.438 e. The minimum atomic E-state index is -0.933. The van der Waals surface area contributed by atoms with Gasteiger partial charge >= 0.3 is 11.4 Å². The molecule has 19 heteroatoms. The molecule has 4 atom stereocenters. The number of fused-ring (bicyclic) bond motifs is 3. The van der Waals surface area contributed by atoms with E-state index >= 15 is 18.4 Å². The number of nitrogens with zero attached hydrogens (tertiary/aromatic N) is 10. The monoisotopic (exact) mass is 979 g/mol. The summed E-state index contributed by atoms with van der Waals surface area (Å²) in [7, 11) is 1.71. The van der Waals surface area contributed by atoms with Crippen LogP contribution in [0.5, 0.6) is 0 Å². The number of aryl methyl sites for hydroxylation is 3. The smallest absolute Gasteiger partial charge is 0.376 e. The van der Waals surface area contributed by atoms with Gasteiger partial charge in [0.15, 0.2) is 11.6 Å². The topological polar surface area (TPSA) is 176 Å². The summed E-state index contributed by atoms with van der Waals surface area (Å²) < 4.78 is 50.8. The van der Waals surface area contributed by atoms with Gasteiger partial charge in [0.1, 0.15) is 22.9 Å². The molecule has 1 N–H and O–H groups in total. The number of benzene rings is 3. The summed E-state index contributed by atoms with van der Waals surface area (Å²) in [4.78, 5) is 62.9. The second-order valence-electron chi connectivity index (χ2n) is 21.3. The molecule has 72 heavy (non-hydrogen) atoms. The summed E-state index contributed by atoms with van der Waals surface area (Å²) in [5, 5.41) is 14.8. The van der Waals surface area contributed by atoms with E-state index in [0.717, 1.165) is 35.7 Å². The molecule has 1 spiro atoms. The summed E-state index contributed by atoms with van der Waals surface area (Å²) in [6, 6.07) is 14.1. The van der Waals surface area contributed by atoms with Crippen LogP contribution in [0.3, 0.4) is 0 Å². The van der Waals surface area contributed by atoms with Crippen LogP contribution in [0.2, 0.25) is 0 Å².